The minimum atomic E-state index is -0.222. The maximum Gasteiger partial charge on any atom is 0.255 e. The van der Waals surface area contributed by atoms with Crippen LogP contribution in [-0.4, -0.2) is 54.8 Å². The van der Waals surface area contributed by atoms with Gasteiger partial charge in [0.2, 0.25) is 0 Å². The van der Waals surface area contributed by atoms with Crippen molar-refractivity contribution in [1.29, 1.82) is 0 Å². The number of ether oxygens (including phenoxy) is 1. The van der Waals surface area contributed by atoms with E-state index in [0.29, 0.717) is 24.1 Å². The van der Waals surface area contributed by atoms with Gasteiger partial charge in [-0.05, 0) is 24.5 Å². The van der Waals surface area contributed by atoms with Gasteiger partial charge >= 0.3 is 0 Å². The van der Waals surface area contributed by atoms with Crippen molar-refractivity contribution in [3.63, 3.8) is 0 Å². The van der Waals surface area contributed by atoms with Gasteiger partial charge in [-0.2, -0.15) is 0 Å². The van der Waals surface area contributed by atoms with Gasteiger partial charge in [-0.15, -0.1) is 0 Å². The average Bonchev–Trinajstić information content (AvgIpc) is 2.52. The summed E-state index contributed by atoms with van der Waals surface area (Å²) >= 11 is 0. The van der Waals surface area contributed by atoms with Crippen molar-refractivity contribution < 1.29 is 14.6 Å². The van der Waals surface area contributed by atoms with Crippen LogP contribution in [0.15, 0.2) is 24.3 Å². The molecule has 5 heteroatoms. The largest absolute Gasteiger partial charge is 0.507 e. The molecule has 0 saturated carbocycles. The third-order valence-electron chi connectivity index (χ3n) is 3.95. The van der Waals surface area contributed by atoms with Crippen LogP contribution in [0.4, 0.5) is 0 Å². The highest BCUT2D eigenvalue weighted by Crippen LogP contribution is 2.16. The molecule has 22 heavy (non-hydrogen) atoms. The van der Waals surface area contributed by atoms with E-state index in [1.54, 1.807) is 18.2 Å². The highest BCUT2D eigenvalue weighted by Gasteiger charge is 2.23. The highest BCUT2D eigenvalue weighted by molar-refractivity contribution is 5.96. The number of rotatable bonds is 6. The van der Waals surface area contributed by atoms with Gasteiger partial charge in [-0.3, -0.25) is 9.69 Å². The summed E-state index contributed by atoms with van der Waals surface area (Å²) in [5.74, 6) is 0.363. The van der Waals surface area contributed by atoms with Crippen LogP contribution < -0.4 is 5.32 Å². The van der Waals surface area contributed by atoms with Gasteiger partial charge in [0.25, 0.3) is 5.91 Å². The normalized spacial score (nSPS) is 17.4. The molecule has 1 atom stereocenters. The standard InChI is InChI=1S/C17H26N2O3/c1-13(2)11-14(19-7-9-22-10-8-19)12-18-17(21)15-5-3-4-6-16(15)20/h3-6,13-14,20H,7-12H2,1-2H3,(H,18,21). The SMILES string of the molecule is CC(C)CC(CNC(=O)c1ccccc1O)N1CCOCC1. The van der Waals surface area contributed by atoms with Gasteiger partial charge in [0, 0.05) is 25.7 Å². The first-order valence-electron chi connectivity index (χ1n) is 7.96. The molecule has 2 N–H and O–H groups in total. The number of benzene rings is 1. The number of hydrogen-bond acceptors (Lipinski definition) is 4. The van der Waals surface area contributed by atoms with Crippen molar-refractivity contribution in [2.24, 2.45) is 5.92 Å². The van der Waals surface area contributed by atoms with Gasteiger partial charge in [0.1, 0.15) is 5.75 Å². The van der Waals surface area contributed by atoms with Gasteiger partial charge in [0.05, 0.1) is 18.8 Å². The third kappa shape index (κ3) is 4.71. The monoisotopic (exact) mass is 306 g/mol. The molecule has 1 aliphatic rings. The number of hydrogen-bond donors (Lipinski definition) is 2. The van der Waals surface area contributed by atoms with Crippen LogP contribution in [0, 0.1) is 5.92 Å². The number of carbonyl (C=O) groups is 1. The first-order valence-corrected chi connectivity index (χ1v) is 7.96. The van der Waals surface area contributed by atoms with Crippen molar-refractivity contribution in [2.75, 3.05) is 32.8 Å². The minimum absolute atomic E-state index is 0.0202. The van der Waals surface area contributed by atoms with Crippen molar-refractivity contribution in [3.8, 4) is 5.75 Å². The molecule has 0 radical (unpaired) electrons. The summed E-state index contributed by atoms with van der Waals surface area (Å²) in [6.07, 6.45) is 1.03. The fourth-order valence-electron chi connectivity index (χ4n) is 2.82. The van der Waals surface area contributed by atoms with E-state index in [9.17, 15) is 9.90 Å². The number of amides is 1. The lowest BCUT2D eigenvalue weighted by molar-refractivity contribution is 0.0124. The van der Waals surface area contributed by atoms with Gasteiger partial charge in [-0.1, -0.05) is 26.0 Å². The van der Waals surface area contributed by atoms with Crippen LogP contribution in [0.2, 0.25) is 0 Å². The molecule has 0 aromatic heterocycles. The Labute approximate surface area is 132 Å². The van der Waals surface area contributed by atoms with E-state index in [1.165, 1.54) is 6.07 Å². The molecule has 1 fully saturated rings. The van der Waals surface area contributed by atoms with Crippen molar-refractivity contribution in [2.45, 2.75) is 26.3 Å². The van der Waals surface area contributed by atoms with Crippen LogP contribution in [-0.2, 0) is 4.74 Å². The molecule has 0 spiro atoms. The second kappa shape index (κ2) is 8.15. The zero-order valence-corrected chi connectivity index (χ0v) is 13.4. The van der Waals surface area contributed by atoms with Gasteiger partial charge in [0.15, 0.2) is 0 Å². The summed E-state index contributed by atoms with van der Waals surface area (Å²) in [7, 11) is 0. The molecule has 1 aromatic rings. The summed E-state index contributed by atoms with van der Waals surface area (Å²) in [5.41, 5.74) is 0.327. The summed E-state index contributed by atoms with van der Waals surface area (Å²) in [6.45, 7) is 8.29. The Morgan fingerprint density at radius 2 is 2.00 bits per heavy atom. The number of para-hydroxylation sites is 1. The fourth-order valence-corrected chi connectivity index (χ4v) is 2.82. The van der Waals surface area contributed by atoms with Gasteiger partial charge < -0.3 is 15.2 Å². The third-order valence-corrected chi connectivity index (χ3v) is 3.95. The number of phenolic OH excluding ortho intramolecular Hbond substituents is 1. The lowest BCUT2D eigenvalue weighted by Gasteiger charge is -2.35. The number of aromatic hydroxyl groups is 1. The average molecular weight is 306 g/mol. The summed E-state index contributed by atoms with van der Waals surface area (Å²) in [5, 5.41) is 12.7. The van der Waals surface area contributed by atoms with Crippen LogP contribution in [0.25, 0.3) is 0 Å². The molecule has 1 aromatic carbocycles. The van der Waals surface area contributed by atoms with Crippen LogP contribution in [0.5, 0.6) is 5.75 Å². The van der Waals surface area contributed by atoms with E-state index in [1.807, 2.05) is 0 Å². The number of morpholine rings is 1. The predicted octanol–water partition coefficient (Wildman–Crippen LogP) is 1.87. The molecule has 1 saturated heterocycles. The zero-order chi connectivity index (χ0) is 15.9. The Bertz CT molecular complexity index is 485. The molecule has 1 heterocycles. The van der Waals surface area contributed by atoms with Crippen molar-refractivity contribution in [1.82, 2.24) is 10.2 Å². The van der Waals surface area contributed by atoms with Crippen LogP contribution in [0.1, 0.15) is 30.6 Å². The molecule has 1 aliphatic heterocycles. The van der Waals surface area contributed by atoms with Crippen molar-refractivity contribution >= 4 is 5.91 Å². The molecule has 0 bridgehead atoms. The van der Waals surface area contributed by atoms with E-state index in [-0.39, 0.29) is 11.7 Å². The first kappa shape index (κ1) is 16.8. The first-order chi connectivity index (χ1) is 10.6. The fraction of sp³-hybridized carbons (Fsp3) is 0.588. The summed E-state index contributed by atoms with van der Waals surface area (Å²) < 4.78 is 5.40. The maximum absolute atomic E-state index is 12.2. The predicted molar refractivity (Wildman–Crippen MR) is 86.1 cm³/mol. The Kier molecular flexibility index (Phi) is 6.21. The Morgan fingerprint density at radius 1 is 1.32 bits per heavy atom. The zero-order valence-electron chi connectivity index (χ0n) is 13.4. The van der Waals surface area contributed by atoms with Gasteiger partial charge in [-0.25, -0.2) is 0 Å². The Hall–Kier alpha value is -1.59. The Balaban J connectivity index is 1.95. The van der Waals surface area contributed by atoms with E-state index < -0.39 is 0 Å². The van der Waals surface area contributed by atoms with E-state index in [2.05, 4.69) is 24.1 Å². The minimum Gasteiger partial charge on any atom is -0.507 e. The molecule has 1 unspecified atom stereocenters. The lowest BCUT2D eigenvalue weighted by Crippen LogP contribution is -2.49. The molecular weight excluding hydrogens is 280 g/mol. The topological polar surface area (TPSA) is 61.8 Å². The quantitative estimate of drug-likeness (QED) is 0.842. The van der Waals surface area contributed by atoms with E-state index in [0.717, 1.165) is 32.7 Å². The van der Waals surface area contributed by atoms with Crippen LogP contribution in [0.3, 0.4) is 0 Å². The molecular formula is C17H26N2O3. The number of phenols is 1. The molecule has 2 rings (SSSR count). The lowest BCUT2D eigenvalue weighted by atomic mass is 10.0. The maximum atomic E-state index is 12.2. The van der Waals surface area contributed by atoms with Crippen LogP contribution >= 0.6 is 0 Å². The number of carbonyl (C=O) groups excluding carboxylic acids is 1. The highest BCUT2D eigenvalue weighted by atomic mass is 16.5. The number of nitrogens with zero attached hydrogens (tertiary/aromatic N) is 1. The molecule has 1 amide bonds. The second-order valence-corrected chi connectivity index (χ2v) is 6.16. The molecule has 0 aliphatic carbocycles. The van der Waals surface area contributed by atoms with E-state index >= 15 is 0 Å². The second-order valence-electron chi connectivity index (χ2n) is 6.16. The van der Waals surface area contributed by atoms with Crippen molar-refractivity contribution in [3.05, 3.63) is 29.8 Å². The Morgan fingerprint density at radius 3 is 2.64 bits per heavy atom. The number of nitrogens with one attached hydrogen (secondary N) is 1. The summed E-state index contributed by atoms with van der Waals surface area (Å²) in [6, 6.07) is 6.93. The molecule has 122 valence electrons. The smallest absolute Gasteiger partial charge is 0.255 e. The molecule has 5 nitrogen and oxygen atoms in total. The van der Waals surface area contributed by atoms with E-state index in [4.69, 9.17) is 4.74 Å². The summed E-state index contributed by atoms with van der Waals surface area (Å²) in [4.78, 5) is 14.6.